The Morgan fingerprint density at radius 1 is 1.11 bits per heavy atom. The molecule has 5 nitrogen and oxygen atoms in total. The van der Waals surface area contributed by atoms with Gasteiger partial charge in [0.15, 0.2) is 0 Å². The maximum atomic E-state index is 12.6. The molecule has 28 heavy (non-hydrogen) atoms. The van der Waals surface area contributed by atoms with Crippen LogP contribution in [0.15, 0.2) is 48.1 Å². The number of anilines is 1. The van der Waals surface area contributed by atoms with E-state index >= 15 is 0 Å². The van der Waals surface area contributed by atoms with Crippen LogP contribution in [0.3, 0.4) is 0 Å². The number of benzene rings is 1. The highest BCUT2D eigenvalue weighted by Crippen LogP contribution is 2.33. The maximum Gasteiger partial charge on any atom is 0.227 e. The number of aryl methyl sites for hydroxylation is 1. The SMILES string of the molecule is CN(C)CCN1C(=O)CCCc2cc(-c3csc(-c4ccncc4)n3)ccc21. The minimum Gasteiger partial charge on any atom is -0.311 e. The Labute approximate surface area is 169 Å². The number of nitrogens with zero attached hydrogens (tertiary/aromatic N) is 4. The Kier molecular flexibility index (Phi) is 5.50. The van der Waals surface area contributed by atoms with Crippen LogP contribution in [0.5, 0.6) is 0 Å². The van der Waals surface area contributed by atoms with Crippen LogP contribution in [0.2, 0.25) is 0 Å². The molecule has 1 aromatic carbocycles. The summed E-state index contributed by atoms with van der Waals surface area (Å²) in [5.74, 6) is 0.224. The predicted molar refractivity (Wildman–Crippen MR) is 115 cm³/mol. The van der Waals surface area contributed by atoms with E-state index in [0.717, 1.165) is 53.4 Å². The molecule has 3 heterocycles. The number of aromatic nitrogens is 2. The van der Waals surface area contributed by atoms with E-state index in [1.807, 2.05) is 31.1 Å². The van der Waals surface area contributed by atoms with Gasteiger partial charge in [0.25, 0.3) is 0 Å². The highest BCUT2D eigenvalue weighted by atomic mass is 32.1. The third-order valence-electron chi connectivity index (χ3n) is 5.01. The van der Waals surface area contributed by atoms with E-state index in [-0.39, 0.29) is 5.91 Å². The summed E-state index contributed by atoms with van der Waals surface area (Å²) in [6.07, 6.45) is 6.01. The molecule has 0 saturated heterocycles. The summed E-state index contributed by atoms with van der Waals surface area (Å²) in [5, 5.41) is 3.10. The molecule has 0 atom stereocenters. The molecule has 4 rings (SSSR count). The average molecular weight is 393 g/mol. The Bertz CT molecular complexity index is 968. The molecule has 3 aromatic rings. The first-order valence-electron chi connectivity index (χ1n) is 9.56. The van der Waals surface area contributed by atoms with Gasteiger partial charge in [-0.3, -0.25) is 9.78 Å². The number of amides is 1. The Morgan fingerprint density at radius 2 is 1.93 bits per heavy atom. The molecule has 6 heteroatoms. The molecule has 0 spiro atoms. The second kappa shape index (κ2) is 8.20. The molecular formula is C22H24N4OS. The zero-order valence-corrected chi connectivity index (χ0v) is 17.1. The number of pyridine rings is 1. The van der Waals surface area contributed by atoms with Gasteiger partial charge in [-0.1, -0.05) is 6.07 Å². The lowest BCUT2D eigenvalue weighted by Gasteiger charge is -2.25. The van der Waals surface area contributed by atoms with Gasteiger partial charge in [0, 0.05) is 54.1 Å². The normalized spacial score (nSPS) is 14.2. The van der Waals surface area contributed by atoms with Gasteiger partial charge in [-0.05, 0) is 56.8 Å². The zero-order valence-electron chi connectivity index (χ0n) is 16.3. The molecule has 0 radical (unpaired) electrons. The van der Waals surface area contributed by atoms with E-state index in [2.05, 4.69) is 33.5 Å². The van der Waals surface area contributed by atoms with Gasteiger partial charge in [-0.2, -0.15) is 0 Å². The summed E-state index contributed by atoms with van der Waals surface area (Å²) in [4.78, 5) is 25.6. The summed E-state index contributed by atoms with van der Waals surface area (Å²) in [5.41, 5.74) is 5.46. The van der Waals surface area contributed by atoms with Gasteiger partial charge in [-0.15, -0.1) is 11.3 Å². The Morgan fingerprint density at radius 3 is 2.71 bits per heavy atom. The molecule has 0 aliphatic carbocycles. The predicted octanol–water partition coefficient (Wildman–Crippen LogP) is 4.10. The summed E-state index contributed by atoms with van der Waals surface area (Å²) < 4.78 is 0. The maximum absolute atomic E-state index is 12.6. The van der Waals surface area contributed by atoms with Crippen molar-refractivity contribution in [3.63, 3.8) is 0 Å². The number of likely N-dealkylation sites (N-methyl/N-ethyl adjacent to an activating group) is 1. The molecule has 0 N–H and O–H groups in total. The minimum absolute atomic E-state index is 0.224. The number of thiazole rings is 1. The van der Waals surface area contributed by atoms with E-state index in [4.69, 9.17) is 4.98 Å². The fourth-order valence-corrected chi connectivity index (χ4v) is 4.32. The molecule has 0 fully saturated rings. The molecule has 0 bridgehead atoms. The number of carbonyl (C=O) groups is 1. The largest absolute Gasteiger partial charge is 0.311 e. The minimum atomic E-state index is 0.224. The number of hydrogen-bond donors (Lipinski definition) is 0. The van der Waals surface area contributed by atoms with Crippen molar-refractivity contribution in [3.05, 3.63) is 53.7 Å². The quantitative estimate of drug-likeness (QED) is 0.656. The Hall–Kier alpha value is -2.57. The first-order valence-corrected chi connectivity index (χ1v) is 10.4. The summed E-state index contributed by atoms with van der Waals surface area (Å²) in [6, 6.07) is 10.4. The van der Waals surface area contributed by atoms with Crippen LogP contribution in [0.25, 0.3) is 21.8 Å². The van der Waals surface area contributed by atoms with E-state index in [1.165, 1.54) is 5.56 Å². The first kappa shape index (κ1) is 18.8. The highest BCUT2D eigenvalue weighted by Gasteiger charge is 2.22. The Balaban J connectivity index is 1.64. The third-order valence-corrected chi connectivity index (χ3v) is 5.90. The first-order chi connectivity index (χ1) is 13.6. The second-order valence-corrected chi connectivity index (χ2v) is 8.18. The van der Waals surface area contributed by atoms with Gasteiger partial charge in [0.1, 0.15) is 5.01 Å². The summed E-state index contributed by atoms with van der Waals surface area (Å²) in [7, 11) is 4.07. The fraction of sp³-hybridized carbons (Fsp3) is 0.318. The fourth-order valence-electron chi connectivity index (χ4n) is 3.49. The van der Waals surface area contributed by atoms with E-state index < -0.39 is 0 Å². The number of carbonyl (C=O) groups excluding carboxylic acids is 1. The van der Waals surface area contributed by atoms with E-state index in [0.29, 0.717) is 6.42 Å². The average Bonchev–Trinajstić information content (AvgIpc) is 3.14. The van der Waals surface area contributed by atoms with Crippen LogP contribution in [0, 0.1) is 0 Å². The summed E-state index contributed by atoms with van der Waals surface area (Å²) in [6.45, 7) is 1.58. The lowest BCUT2D eigenvalue weighted by atomic mass is 10.0. The second-order valence-electron chi connectivity index (χ2n) is 7.32. The number of rotatable bonds is 5. The molecular weight excluding hydrogens is 368 g/mol. The van der Waals surface area contributed by atoms with Crippen molar-refractivity contribution in [1.29, 1.82) is 0 Å². The topological polar surface area (TPSA) is 49.3 Å². The van der Waals surface area contributed by atoms with Crippen LogP contribution in [-0.4, -0.2) is 48.0 Å². The number of hydrogen-bond acceptors (Lipinski definition) is 5. The van der Waals surface area contributed by atoms with E-state index in [9.17, 15) is 4.79 Å². The van der Waals surface area contributed by atoms with Gasteiger partial charge in [-0.25, -0.2) is 4.98 Å². The van der Waals surface area contributed by atoms with Crippen molar-refractivity contribution >= 4 is 22.9 Å². The van der Waals surface area contributed by atoms with Crippen LogP contribution in [0.1, 0.15) is 18.4 Å². The van der Waals surface area contributed by atoms with Crippen LogP contribution in [-0.2, 0) is 11.2 Å². The van der Waals surface area contributed by atoms with Crippen LogP contribution >= 0.6 is 11.3 Å². The van der Waals surface area contributed by atoms with Gasteiger partial charge in [0.05, 0.1) is 5.69 Å². The highest BCUT2D eigenvalue weighted by molar-refractivity contribution is 7.13. The molecule has 144 valence electrons. The van der Waals surface area contributed by atoms with Crippen molar-refractivity contribution in [2.75, 3.05) is 32.1 Å². The number of fused-ring (bicyclic) bond motifs is 1. The lowest BCUT2D eigenvalue weighted by molar-refractivity contribution is -0.118. The van der Waals surface area contributed by atoms with Crippen LogP contribution in [0.4, 0.5) is 5.69 Å². The molecule has 0 saturated carbocycles. The standard InChI is InChI=1S/C22H24N4OS/c1-25(2)12-13-26-20-7-6-17(14-18(20)4-3-5-21(26)27)19-15-28-22(24-19)16-8-10-23-11-9-16/h6-11,14-15H,3-5,12-13H2,1-2H3. The lowest BCUT2D eigenvalue weighted by Crippen LogP contribution is -2.36. The zero-order chi connectivity index (χ0) is 19.5. The molecule has 0 unspecified atom stereocenters. The van der Waals surface area contributed by atoms with Crippen LogP contribution < -0.4 is 4.90 Å². The van der Waals surface area contributed by atoms with E-state index in [1.54, 1.807) is 23.7 Å². The van der Waals surface area contributed by atoms with Crippen molar-refractivity contribution in [1.82, 2.24) is 14.9 Å². The third kappa shape index (κ3) is 3.98. The smallest absolute Gasteiger partial charge is 0.227 e. The van der Waals surface area contributed by atoms with Gasteiger partial charge in [0.2, 0.25) is 5.91 Å². The van der Waals surface area contributed by atoms with Crippen molar-refractivity contribution in [2.45, 2.75) is 19.3 Å². The van der Waals surface area contributed by atoms with Crippen molar-refractivity contribution in [2.24, 2.45) is 0 Å². The molecule has 1 aliphatic heterocycles. The molecule has 1 amide bonds. The van der Waals surface area contributed by atoms with Gasteiger partial charge >= 0.3 is 0 Å². The monoisotopic (exact) mass is 392 g/mol. The molecule has 2 aromatic heterocycles. The van der Waals surface area contributed by atoms with Crippen molar-refractivity contribution in [3.8, 4) is 21.8 Å². The van der Waals surface area contributed by atoms with Gasteiger partial charge < -0.3 is 9.80 Å². The summed E-state index contributed by atoms with van der Waals surface area (Å²) >= 11 is 1.64. The molecule has 1 aliphatic rings. The van der Waals surface area contributed by atoms with Crippen molar-refractivity contribution < 1.29 is 4.79 Å².